The first-order valence-electron chi connectivity index (χ1n) is 33.0. The quantitative estimate of drug-likeness (QED) is 0.130. The van der Waals surface area contributed by atoms with E-state index in [-0.39, 0.29) is 50.5 Å². The summed E-state index contributed by atoms with van der Waals surface area (Å²) in [4.78, 5) is 2.76. The number of anilines is 3. The Morgan fingerprint density at radius 2 is 1.05 bits per heavy atom. The van der Waals surface area contributed by atoms with Crippen molar-refractivity contribution in [1.82, 2.24) is 0 Å². The molecule has 2 heteroatoms. The number of benzene rings is 8. The standard InChI is InChI=1S/C83H96BN/c1-53-45-66-61(36-32-57-31-33-58(77(2,3)4)48-63(57)55-25-19-17-20-26-55)65-51-69-70(81(13,14)44-43-80(69,11)12)52-72(65)84-71-39-30-54(29-38-67-62-37-34-60(79(8,9)10)50-68(62)83(16)42-24-23-41-82(67,83)15)47-74(71)85(75(46-53)76(66)84)73-40-35-59(78(5,6)7)49-64(73)56-27-21-18-22-28-56/h17-22,25-28,30-31,33-35,37,39-40,45-52,61,67H,23-24,29,32,36,38,41-44H2,1-16H3. The van der Waals surface area contributed by atoms with Crippen LogP contribution in [0, 0.1) is 12.3 Å². The Balaban J connectivity index is 1.02. The molecule has 0 saturated heterocycles. The zero-order valence-corrected chi connectivity index (χ0v) is 54.8. The lowest BCUT2D eigenvalue weighted by Crippen LogP contribution is -2.62. The van der Waals surface area contributed by atoms with Gasteiger partial charge in [0.1, 0.15) is 0 Å². The molecule has 0 N–H and O–H groups in total. The monoisotopic (exact) mass is 1120 g/mol. The van der Waals surface area contributed by atoms with Crippen LogP contribution in [0.3, 0.4) is 0 Å². The average Bonchev–Trinajstić information content (AvgIpc) is 1.84. The molecule has 0 spiro atoms. The summed E-state index contributed by atoms with van der Waals surface area (Å²) in [5, 5.41) is 0. The fourth-order valence-electron chi connectivity index (χ4n) is 17.3. The smallest absolute Gasteiger partial charge is 0.247 e. The number of aryl methyl sites for hydroxylation is 3. The Morgan fingerprint density at radius 3 is 1.71 bits per heavy atom. The second kappa shape index (κ2) is 20.4. The third-order valence-electron chi connectivity index (χ3n) is 22.8. The van der Waals surface area contributed by atoms with Crippen molar-refractivity contribution in [2.75, 3.05) is 4.90 Å². The zero-order valence-electron chi connectivity index (χ0n) is 54.8. The van der Waals surface area contributed by atoms with E-state index in [1.807, 2.05) is 0 Å². The summed E-state index contributed by atoms with van der Waals surface area (Å²) in [7, 11) is 0. The van der Waals surface area contributed by atoms with Gasteiger partial charge in [0.05, 0.1) is 5.69 Å². The third-order valence-corrected chi connectivity index (χ3v) is 22.8. The maximum Gasteiger partial charge on any atom is 0.247 e. The molecule has 0 bridgehead atoms. The molecular formula is C83H96BN. The lowest BCUT2D eigenvalue weighted by atomic mass is 9.30. The third kappa shape index (κ3) is 9.64. The highest BCUT2D eigenvalue weighted by molar-refractivity contribution is 6.99. The molecule has 8 aromatic rings. The van der Waals surface area contributed by atoms with E-state index in [2.05, 4.69) is 273 Å². The molecule has 0 amide bonds. The van der Waals surface area contributed by atoms with Crippen LogP contribution in [0.4, 0.5) is 17.1 Å². The van der Waals surface area contributed by atoms with Crippen molar-refractivity contribution in [1.29, 1.82) is 0 Å². The Morgan fingerprint density at radius 1 is 0.459 bits per heavy atom. The minimum absolute atomic E-state index is 0.0211. The number of hydrogen-bond acceptors (Lipinski definition) is 1. The van der Waals surface area contributed by atoms with E-state index in [4.69, 9.17) is 0 Å². The molecule has 1 nitrogen and oxygen atoms in total. The molecule has 85 heavy (non-hydrogen) atoms. The van der Waals surface area contributed by atoms with Gasteiger partial charge in [0.15, 0.2) is 0 Å². The molecule has 2 heterocycles. The highest BCUT2D eigenvalue weighted by atomic mass is 15.2. The van der Waals surface area contributed by atoms with E-state index in [1.165, 1.54) is 133 Å². The summed E-state index contributed by atoms with van der Waals surface area (Å²) in [6.45, 7) is 39.2. The highest BCUT2D eigenvalue weighted by Gasteiger charge is 2.58. The van der Waals surface area contributed by atoms with E-state index in [1.54, 1.807) is 27.8 Å². The molecule has 5 aliphatic rings. The summed E-state index contributed by atoms with van der Waals surface area (Å²) in [5.41, 5.74) is 32.2. The van der Waals surface area contributed by atoms with Crippen molar-refractivity contribution < 1.29 is 0 Å². The lowest BCUT2D eigenvalue weighted by Gasteiger charge is -2.49. The van der Waals surface area contributed by atoms with Crippen molar-refractivity contribution in [3.63, 3.8) is 0 Å². The molecule has 2 aliphatic heterocycles. The summed E-state index contributed by atoms with van der Waals surface area (Å²) < 4.78 is 0. The van der Waals surface area contributed by atoms with Crippen LogP contribution in [0.25, 0.3) is 22.3 Å². The topological polar surface area (TPSA) is 3.24 Å². The fraction of sp³-hybridized carbons (Fsp3) is 0.422. The van der Waals surface area contributed by atoms with E-state index < -0.39 is 0 Å². The minimum Gasteiger partial charge on any atom is -0.311 e. The summed E-state index contributed by atoms with van der Waals surface area (Å²) in [6.07, 6.45) is 11.8. The van der Waals surface area contributed by atoms with Crippen LogP contribution in [0.1, 0.15) is 234 Å². The van der Waals surface area contributed by atoms with Crippen LogP contribution in [-0.4, -0.2) is 6.71 Å². The van der Waals surface area contributed by atoms with Crippen molar-refractivity contribution in [2.24, 2.45) is 5.41 Å². The van der Waals surface area contributed by atoms with Gasteiger partial charge in [-0.1, -0.05) is 256 Å². The van der Waals surface area contributed by atoms with Crippen molar-refractivity contribution in [2.45, 2.75) is 219 Å². The van der Waals surface area contributed by atoms with Crippen molar-refractivity contribution >= 4 is 40.2 Å². The molecule has 8 aromatic carbocycles. The van der Waals surface area contributed by atoms with E-state index in [9.17, 15) is 0 Å². The first kappa shape index (κ1) is 57.7. The van der Waals surface area contributed by atoms with Crippen LogP contribution in [0.5, 0.6) is 0 Å². The van der Waals surface area contributed by atoms with Crippen molar-refractivity contribution in [3.8, 4) is 22.3 Å². The minimum atomic E-state index is -0.0211. The van der Waals surface area contributed by atoms with Crippen LogP contribution in [-0.2, 0) is 45.3 Å². The van der Waals surface area contributed by atoms with Gasteiger partial charge < -0.3 is 4.90 Å². The van der Waals surface area contributed by atoms with Gasteiger partial charge in [-0.3, -0.25) is 0 Å². The number of fused-ring (bicyclic) bond motifs is 8. The molecule has 4 atom stereocenters. The first-order chi connectivity index (χ1) is 40.2. The Bertz CT molecular complexity index is 3910. The van der Waals surface area contributed by atoms with Crippen LogP contribution >= 0.6 is 0 Å². The molecule has 13 rings (SSSR count). The number of rotatable bonds is 9. The van der Waals surface area contributed by atoms with Gasteiger partial charge in [-0.15, -0.1) is 0 Å². The Kier molecular flexibility index (Phi) is 13.8. The molecule has 0 aromatic heterocycles. The number of nitrogens with zero attached hydrogens (tertiary/aromatic N) is 1. The SMILES string of the molecule is Cc1cc2c3c(c1)N(c1ccc(C(C)(C)C)cc1-c1ccccc1)c1cc(CCC4c5ccc(C(C)(C)C)cc5C5(C)CCCCC45C)ccc1B3c1cc3c(cc1C2CCc1ccc(C(C)(C)C)cc1-c1ccccc1)C(C)(C)CCC3(C)C. The van der Waals surface area contributed by atoms with Gasteiger partial charge in [-0.05, 0) is 221 Å². The van der Waals surface area contributed by atoms with Gasteiger partial charge in [0.2, 0.25) is 6.71 Å². The van der Waals surface area contributed by atoms with Crippen LogP contribution in [0.15, 0.2) is 158 Å². The average molecular weight is 1120 g/mol. The zero-order chi connectivity index (χ0) is 60.0. The maximum absolute atomic E-state index is 2.77. The van der Waals surface area contributed by atoms with E-state index in [0.29, 0.717) is 5.92 Å². The summed E-state index contributed by atoms with van der Waals surface area (Å²) in [5.74, 6) is 0.716. The molecular weight excluding hydrogens is 1020 g/mol. The number of hydrogen-bond donors (Lipinski definition) is 0. The Hall–Kier alpha value is -6.38. The largest absolute Gasteiger partial charge is 0.311 e. The van der Waals surface area contributed by atoms with Gasteiger partial charge in [0, 0.05) is 22.9 Å². The fourth-order valence-corrected chi connectivity index (χ4v) is 17.3. The molecule has 0 radical (unpaired) electrons. The van der Waals surface area contributed by atoms with Gasteiger partial charge >= 0.3 is 0 Å². The molecule has 1 fully saturated rings. The van der Waals surface area contributed by atoms with Gasteiger partial charge in [-0.25, -0.2) is 0 Å². The normalized spacial score (nSPS) is 21.8. The van der Waals surface area contributed by atoms with Crippen molar-refractivity contribution in [3.05, 3.63) is 224 Å². The summed E-state index contributed by atoms with van der Waals surface area (Å²) in [6, 6.07) is 63.7. The lowest BCUT2D eigenvalue weighted by molar-refractivity contribution is 0.0763. The highest BCUT2D eigenvalue weighted by Crippen LogP contribution is 2.66. The Labute approximate surface area is 513 Å². The van der Waals surface area contributed by atoms with E-state index >= 15 is 0 Å². The molecule has 1 saturated carbocycles. The predicted molar refractivity (Wildman–Crippen MR) is 367 cm³/mol. The van der Waals surface area contributed by atoms with Crippen LogP contribution < -0.4 is 21.3 Å². The maximum atomic E-state index is 2.77. The first-order valence-corrected chi connectivity index (χ1v) is 33.0. The predicted octanol–water partition coefficient (Wildman–Crippen LogP) is 20.5. The molecule has 436 valence electrons. The van der Waals surface area contributed by atoms with Crippen LogP contribution in [0.2, 0.25) is 0 Å². The molecule has 4 unspecified atom stereocenters. The summed E-state index contributed by atoms with van der Waals surface area (Å²) >= 11 is 0. The van der Waals surface area contributed by atoms with Gasteiger partial charge in [-0.2, -0.15) is 0 Å². The second-order valence-electron chi connectivity index (χ2n) is 32.3. The molecule has 3 aliphatic carbocycles. The van der Waals surface area contributed by atoms with Gasteiger partial charge in [0.25, 0.3) is 0 Å². The second-order valence-corrected chi connectivity index (χ2v) is 32.3. The van der Waals surface area contributed by atoms with E-state index in [0.717, 1.165) is 25.7 Å².